The maximum atomic E-state index is 14.1. The van der Waals surface area contributed by atoms with E-state index in [9.17, 15) is 34.5 Å². The van der Waals surface area contributed by atoms with Crippen LogP contribution in [0.3, 0.4) is 0 Å². The van der Waals surface area contributed by atoms with Crippen LogP contribution in [0.1, 0.15) is 158 Å². The van der Waals surface area contributed by atoms with Crippen molar-refractivity contribution in [2.75, 3.05) is 19.8 Å². The third kappa shape index (κ3) is 9.64. The number of fused-ring (bicyclic) bond motifs is 1. The highest BCUT2D eigenvalue weighted by molar-refractivity contribution is 5.97. The van der Waals surface area contributed by atoms with Gasteiger partial charge >= 0.3 is 18.1 Å². The smallest absolute Gasteiger partial charge is 0.459 e. The van der Waals surface area contributed by atoms with E-state index in [0.29, 0.717) is 5.57 Å². The Morgan fingerprint density at radius 3 is 2.14 bits per heavy atom. The molecule has 14 heteroatoms. The van der Waals surface area contributed by atoms with Crippen LogP contribution < -0.4 is 0 Å². The molecule has 2 saturated carbocycles. The van der Waals surface area contributed by atoms with E-state index in [0.717, 1.165) is 19.3 Å². The molecule has 6 aliphatic rings. The van der Waals surface area contributed by atoms with Gasteiger partial charge in [-0.25, -0.2) is 9.59 Å². The van der Waals surface area contributed by atoms with Gasteiger partial charge in [0.2, 0.25) is 6.10 Å². The number of carbonyl (C=O) groups is 4. The van der Waals surface area contributed by atoms with Crippen molar-refractivity contribution in [2.45, 2.75) is 206 Å². The highest BCUT2D eigenvalue weighted by atomic mass is 16.8. The van der Waals surface area contributed by atoms with Gasteiger partial charge in [-0.15, -0.1) is 0 Å². The summed E-state index contributed by atoms with van der Waals surface area (Å²) in [6.45, 7) is 14.5. The van der Waals surface area contributed by atoms with E-state index >= 15 is 0 Å². The molecule has 1 spiro atoms. The number of allylic oxidation sites excluding steroid dienone is 1. The molecule has 2 bridgehead atoms. The second-order valence-electron chi connectivity index (χ2n) is 20.8. The second kappa shape index (κ2) is 20.5. The number of esters is 2. The molecule has 358 valence electrons. The minimum Gasteiger partial charge on any atom is -0.459 e. The number of carbonyl (C=O) groups excluding carboxylic acids is 4. The fourth-order valence-corrected chi connectivity index (χ4v) is 12.8. The third-order valence-corrected chi connectivity index (χ3v) is 16.2. The van der Waals surface area contributed by atoms with Crippen LogP contribution in [-0.2, 0) is 47.5 Å². The standard InChI is InChI=1S/C49H78O14/c1-9-10-11-12-13-14-15-16-17-18-19-20-21-22-38-57-26-33(60-38)27-58-45(54)63-42-35(50)23-31(6)34-24-36-47-28-59-49(56,44(47)46(34,42)8)41(52)32(7)39(47)40(43(53)61-36)62-37(51)25-48(55,29(2)3)30(4)5/h23,29-30,32-34,36,38-42,44,52,55-56H,9-22,24-28H2,1-8H3/t32-,33?,34-,36-,38?,39?,40?,41-,42-,44?,46-,47+,49?/m1/s1. The molecule has 0 radical (unpaired) electrons. The van der Waals surface area contributed by atoms with Crippen LogP contribution in [-0.4, -0.2) is 107 Å². The molecule has 3 N–H and O–H groups in total. The van der Waals surface area contributed by atoms with Crippen LogP contribution in [0, 0.1) is 46.3 Å². The predicted molar refractivity (Wildman–Crippen MR) is 231 cm³/mol. The van der Waals surface area contributed by atoms with E-state index in [2.05, 4.69) is 6.92 Å². The Labute approximate surface area is 374 Å². The summed E-state index contributed by atoms with van der Waals surface area (Å²) in [6, 6.07) is 0. The Hall–Kier alpha value is -2.62. The van der Waals surface area contributed by atoms with Crippen LogP contribution in [0.4, 0.5) is 4.79 Å². The van der Waals surface area contributed by atoms with Crippen molar-refractivity contribution < 1.29 is 67.7 Å². The fourth-order valence-electron chi connectivity index (χ4n) is 12.8. The van der Waals surface area contributed by atoms with E-state index in [4.69, 9.17) is 33.2 Å². The molecule has 0 aromatic heterocycles. The third-order valence-electron chi connectivity index (χ3n) is 16.2. The maximum Gasteiger partial charge on any atom is 0.509 e. The number of hydrogen-bond donors (Lipinski definition) is 3. The van der Waals surface area contributed by atoms with Crippen molar-refractivity contribution in [3.8, 4) is 0 Å². The van der Waals surface area contributed by atoms with Crippen LogP contribution in [0.2, 0.25) is 0 Å². The van der Waals surface area contributed by atoms with Gasteiger partial charge in [0.25, 0.3) is 0 Å². The normalized spacial score (nSPS) is 37.1. The quantitative estimate of drug-likeness (QED) is 0.0549. The zero-order valence-electron chi connectivity index (χ0n) is 39.3. The van der Waals surface area contributed by atoms with Crippen molar-refractivity contribution in [2.24, 2.45) is 46.3 Å². The van der Waals surface area contributed by atoms with Gasteiger partial charge in [-0.1, -0.05) is 131 Å². The molecule has 6 unspecified atom stereocenters. The summed E-state index contributed by atoms with van der Waals surface area (Å²) in [5.74, 6) is -8.49. The number of rotatable bonds is 22. The van der Waals surface area contributed by atoms with Gasteiger partial charge in [0.15, 0.2) is 24.0 Å². The lowest BCUT2D eigenvalue weighted by molar-refractivity contribution is -0.340. The molecule has 0 aromatic rings. The highest BCUT2D eigenvalue weighted by Gasteiger charge is 2.84. The molecule has 5 fully saturated rings. The van der Waals surface area contributed by atoms with Crippen molar-refractivity contribution >= 4 is 23.9 Å². The first-order chi connectivity index (χ1) is 29.9. The average Bonchev–Trinajstić information content (AvgIpc) is 3.80. The lowest BCUT2D eigenvalue weighted by atomic mass is 9.38. The number of hydrogen-bond acceptors (Lipinski definition) is 14. The van der Waals surface area contributed by atoms with Crippen LogP contribution >= 0.6 is 0 Å². The predicted octanol–water partition coefficient (Wildman–Crippen LogP) is 7.50. The lowest BCUT2D eigenvalue weighted by Crippen LogP contribution is -2.78. The molecule has 3 saturated heterocycles. The van der Waals surface area contributed by atoms with Gasteiger partial charge in [0, 0.05) is 22.7 Å². The van der Waals surface area contributed by atoms with E-state index in [-0.39, 0.29) is 44.5 Å². The SMILES string of the molecule is CCCCCCCCCCCCCCCC1OCC(COC(=O)O[C@@H]2C(=O)C=C(C)[C@H]3C[C@H]4OC(=O)C(OC(=O)CC(O)(C(C)C)C(C)C)C5[C@@H](C)[C@@H](O)C6(O)OC[C@@]54C6[C@]32C)O1. The summed E-state index contributed by atoms with van der Waals surface area (Å²) < 4.78 is 41.7. The molecule has 14 nitrogen and oxygen atoms in total. The van der Waals surface area contributed by atoms with Crippen LogP contribution in [0.15, 0.2) is 11.6 Å². The van der Waals surface area contributed by atoms with Crippen molar-refractivity contribution in [1.82, 2.24) is 0 Å². The second-order valence-corrected chi connectivity index (χ2v) is 20.8. The topological polar surface area (TPSA) is 194 Å². The summed E-state index contributed by atoms with van der Waals surface area (Å²) in [5, 5.41) is 35.9. The number of ether oxygens (including phenoxy) is 7. The van der Waals surface area contributed by atoms with Crippen molar-refractivity contribution in [3.63, 3.8) is 0 Å². The van der Waals surface area contributed by atoms with Crippen molar-refractivity contribution in [3.05, 3.63) is 11.6 Å². The summed E-state index contributed by atoms with van der Waals surface area (Å²) >= 11 is 0. The summed E-state index contributed by atoms with van der Waals surface area (Å²) in [4.78, 5) is 55.2. The Morgan fingerprint density at radius 1 is 0.937 bits per heavy atom. The van der Waals surface area contributed by atoms with Gasteiger partial charge < -0.3 is 48.5 Å². The van der Waals surface area contributed by atoms with Gasteiger partial charge in [-0.05, 0) is 55.9 Å². The molecule has 3 aliphatic heterocycles. The molecule has 13 atom stereocenters. The van der Waals surface area contributed by atoms with Gasteiger partial charge in [0.1, 0.15) is 24.9 Å². The lowest BCUT2D eigenvalue weighted by Gasteiger charge is -2.68. The minimum absolute atomic E-state index is 0.156. The number of aliphatic hydroxyl groups is 3. The number of ketones is 1. The first-order valence-electron chi connectivity index (χ1n) is 24.3. The largest absolute Gasteiger partial charge is 0.509 e. The molecule has 0 aromatic carbocycles. The Morgan fingerprint density at radius 2 is 1.54 bits per heavy atom. The summed E-state index contributed by atoms with van der Waals surface area (Å²) in [5.41, 5.74) is -3.47. The Balaban J connectivity index is 1.08. The minimum atomic E-state index is -2.25. The van der Waals surface area contributed by atoms with Crippen LogP contribution in [0.5, 0.6) is 0 Å². The monoisotopic (exact) mass is 891 g/mol. The van der Waals surface area contributed by atoms with Crippen LogP contribution in [0.25, 0.3) is 0 Å². The summed E-state index contributed by atoms with van der Waals surface area (Å²) in [6.07, 6.45) is 11.0. The van der Waals surface area contributed by atoms with Gasteiger partial charge in [-0.3, -0.25) is 9.59 Å². The van der Waals surface area contributed by atoms with E-state index < -0.39 is 107 Å². The molecular weight excluding hydrogens is 813 g/mol. The summed E-state index contributed by atoms with van der Waals surface area (Å²) in [7, 11) is 0. The average molecular weight is 891 g/mol. The molecule has 3 heterocycles. The first kappa shape index (κ1) is 49.8. The molecule has 6 rings (SSSR count). The maximum absolute atomic E-state index is 14.1. The Kier molecular flexibility index (Phi) is 16.2. The fraction of sp³-hybridized carbons (Fsp3) is 0.878. The zero-order valence-corrected chi connectivity index (χ0v) is 39.3. The highest BCUT2D eigenvalue weighted by Crippen LogP contribution is 2.74. The molecule has 63 heavy (non-hydrogen) atoms. The first-order valence-corrected chi connectivity index (χ1v) is 24.3. The Bertz CT molecular complexity index is 1640. The van der Waals surface area contributed by atoms with Gasteiger partial charge in [0.05, 0.1) is 25.2 Å². The van der Waals surface area contributed by atoms with Crippen molar-refractivity contribution in [1.29, 1.82) is 0 Å². The van der Waals surface area contributed by atoms with E-state index in [1.807, 2.05) is 0 Å². The van der Waals surface area contributed by atoms with E-state index in [1.54, 1.807) is 48.5 Å². The molecular formula is C49H78O14. The molecule has 0 amide bonds. The number of aliphatic hydroxyl groups excluding tert-OH is 1. The zero-order chi connectivity index (χ0) is 45.9. The van der Waals surface area contributed by atoms with E-state index in [1.165, 1.54) is 76.7 Å². The number of unbranched alkanes of at least 4 members (excludes halogenated alkanes) is 12. The molecule has 3 aliphatic carbocycles. The van der Waals surface area contributed by atoms with Gasteiger partial charge in [-0.2, -0.15) is 0 Å².